The predicted molar refractivity (Wildman–Crippen MR) is 122 cm³/mol. The highest BCUT2D eigenvalue weighted by molar-refractivity contribution is 5.98. The minimum atomic E-state index is -0.568. The van der Waals surface area contributed by atoms with Crippen LogP contribution in [0, 0.1) is 40.4 Å². The molecule has 0 spiro atoms. The summed E-state index contributed by atoms with van der Waals surface area (Å²) in [5, 5.41) is 0. The highest BCUT2D eigenvalue weighted by atomic mass is 16.6. The van der Waals surface area contributed by atoms with Crippen molar-refractivity contribution in [3.05, 3.63) is 36.0 Å². The third-order valence-corrected chi connectivity index (χ3v) is 11.0. The second-order valence-corrected chi connectivity index (χ2v) is 12.1. The maximum absolute atomic E-state index is 13.1. The Morgan fingerprint density at radius 2 is 1.78 bits per heavy atom. The maximum atomic E-state index is 13.1. The number of fused-ring (bicyclic) bond motifs is 7. The van der Waals surface area contributed by atoms with Gasteiger partial charge in [0.2, 0.25) is 0 Å². The van der Waals surface area contributed by atoms with Gasteiger partial charge in [0, 0.05) is 12.3 Å². The Morgan fingerprint density at radius 3 is 2.56 bits per heavy atom. The fraction of sp³-hybridized carbons (Fsp3) is 0.714. The molecule has 172 valence electrons. The third kappa shape index (κ3) is 2.53. The Morgan fingerprint density at radius 1 is 1.03 bits per heavy atom. The fourth-order valence-electron chi connectivity index (χ4n) is 9.03. The molecule has 2 saturated heterocycles. The Bertz CT molecular complexity index is 960. The Hall–Kier alpha value is -1.68. The van der Waals surface area contributed by atoms with Crippen molar-refractivity contribution in [1.29, 1.82) is 0 Å². The van der Waals surface area contributed by atoms with E-state index in [2.05, 4.69) is 26.5 Å². The zero-order chi connectivity index (χ0) is 22.5. The summed E-state index contributed by atoms with van der Waals surface area (Å²) in [4.78, 5) is 25.6. The molecule has 4 nitrogen and oxygen atoms in total. The quantitative estimate of drug-likeness (QED) is 0.323. The van der Waals surface area contributed by atoms with E-state index in [9.17, 15) is 9.59 Å². The highest BCUT2D eigenvalue weighted by Crippen LogP contribution is 2.67. The van der Waals surface area contributed by atoms with E-state index in [4.69, 9.17) is 9.47 Å². The van der Waals surface area contributed by atoms with Gasteiger partial charge in [0.25, 0.3) is 0 Å². The number of carbonyl (C=O) groups is 2. The lowest BCUT2D eigenvalue weighted by atomic mass is 9.47. The summed E-state index contributed by atoms with van der Waals surface area (Å²) in [5.41, 5.74) is 1.18. The SMILES string of the molecule is C=C1C(=O)OC2C[C@@]1(C)OC[C@H]2[C@H]1CCC2[C@@H]3CC=C4CC=CC(=O)[C@]4(C)C3CC[C@@]21C. The van der Waals surface area contributed by atoms with Crippen LogP contribution in [0.5, 0.6) is 0 Å². The number of allylic oxidation sites excluding steroid dienone is 4. The zero-order valence-electron chi connectivity index (χ0n) is 19.7. The lowest BCUT2D eigenvalue weighted by Gasteiger charge is -2.57. The topological polar surface area (TPSA) is 52.6 Å². The Labute approximate surface area is 191 Å². The van der Waals surface area contributed by atoms with E-state index in [0.29, 0.717) is 41.6 Å². The number of hydrogen-bond acceptors (Lipinski definition) is 4. The smallest absolute Gasteiger partial charge is 0.336 e. The molecule has 0 radical (unpaired) electrons. The largest absolute Gasteiger partial charge is 0.458 e. The van der Waals surface area contributed by atoms with Gasteiger partial charge in [-0.2, -0.15) is 0 Å². The summed E-state index contributed by atoms with van der Waals surface area (Å²) in [6, 6.07) is 0. The number of esters is 1. The maximum Gasteiger partial charge on any atom is 0.336 e. The predicted octanol–water partition coefficient (Wildman–Crippen LogP) is 5.19. The standard InChI is InChI=1S/C28H36O4/c1-16-25(30)32-23-14-27(16,3)31-15-19(23)21-11-10-20-18-9-8-17-6-5-7-24(29)28(17,4)22(18)12-13-26(20,21)2/h5,7-8,18-23H,1,6,9-15H2,2-4H3/t18-,19-,20?,21+,22?,23?,26-,27+,28-/m0/s1. The van der Waals surface area contributed by atoms with E-state index in [1.807, 2.05) is 19.1 Å². The van der Waals surface area contributed by atoms with Crippen LogP contribution in [0.2, 0.25) is 0 Å². The molecule has 0 N–H and O–H groups in total. The first-order chi connectivity index (χ1) is 15.2. The monoisotopic (exact) mass is 436 g/mol. The average molecular weight is 437 g/mol. The Kier molecular flexibility index (Phi) is 4.36. The van der Waals surface area contributed by atoms with Crippen LogP contribution < -0.4 is 0 Å². The summed E-state index contributed by atoms with van der Waals surface area (Å²) < 4.78 is 12.2. The summed E-state index contributed by atoms with van der Waals surface area (Å²) in [5.74, 6) is 2.46. The third-order valence-electron chi connectivity index (χ3n) is 11.0. The lowest BCUT2D eigenvalue weighted by molar-refractivity contribution is -0.200. The molecule has 9 atom stereocenters. The van der Waals surface area contributed by atoms with Crippen molar-refractivity contribution in [1.82, 2.24) is 0 Å². The first-order valence-electron chi connectivity index (χ1n) is 12.6. The van der Waals surface area contributed by atoms with Gasteiger partial charge < -0.3 is 9.47 Å². The minimum absolute atomic E-state index is 0.0644. The minimum Gasteiger partial charge on any atom is -0.458 e. The van der Waals surface area contributed by atoms with Gasteiger partial charge in [0.05, 0.1) is 17.6 Å². The molecule has 0 aromatic carbocycles. The van der Waals surface area contributed by atoms with Crippen molar-refractivity contribution < 1.29 is 19.1 Å². The lowest BCUT2D eigenvalue weighted by Crippen LogP contribution is -2.57. The van der Waals surface area contributed by atoms with Gasteiger partial charge >= 0.3 is 5.97 Å². The number of ketones is 1. The molecule has 4 aliphatic carbocycles. The Balaban J connectivity index is 1.29. The number of rotatable bonds is 1. The van der Waals surface area contributed by atoms with E-state index in [1.54, 1.807) is 0 Å². The van der Waals surface area contributed by atoms with Crippen LogP contribution in [0.3, 0.4) is 0 Å². The first kappa shape index (κ1) is 20.9. The normalized spacial score (nSPS) is 52.0. The summed E-state index contributed by atoms with van der Waals surface area (Å²) in [7, 11) is 0. The molecule has 3 unspecified atom stereocenters. The molecule has 0 amide bonds. The molecule has 32 heavy (non-hydrogen) atoms. The van der Waals surface area contributed by atoms with Crippen LogP contribution in [-0.2, 0) is 19.1 Å². The molecule has 4 heteroatoms. The van der Waals surface area contributed by atoms with Crippen molar-refractivity contribution in [3.8, 4) is 0 Å². The molecule has 4 fully saturated rings. The van der Waals surface area contributed by atoms with Crippen LogP contribution in [0.15, 0.2) is 36.0 Å². The summed E-state index contributed by atoms with van der Waals surface area (Å²) in [6.45, 7) is 11.3. The summed E-state index contributed by atoms with van der Waals surface area (Å²) in [6.07, 6.45) is 13.7. The second-order valence-electron chi connectivity index (χ2n) is 12.1. The van der Waals surface area contributed by atoms with E-state index >= 15 is 0 Å². The molecule has 2 saturated carbocycles. The van der Waals surface area contributed by atoms with Gasteiger partial charge in [-0.05, 0) is 87.5 Å². The van der Waals surface area contributed by atoms with Gasteiger partial charge in [0.1, 0.15) is 11.7 Å². The fourth-order valence-corrected chi connectivity index (χ4v) is 9.03. The van der Waals surface area contributed by atoms with Gasteiger partial charge in [0.15, 0.2) is 5.78 Å². The van der Waals surface area contributed by atoms with E-state index < -0.39 is 5.60 Å². The van der Waals surface area contributed by atoms with Gasteiger partial charge in [-0.25, -0.2) is 4.79 Å². The van der Waals surface area contributed by atoms with E-state index in [1.165, 1.54) is 18.4 Å². The summed E-state index contributed by atoms with van der Waals surface area (Å²) >= 11 is 0. The van der Waals surface area contributed by atoms with Crippen LogP contribution >= 0.6 is 0 Å². The van der Waals surface area contributed by atoms with E-state index in [0.717, 1.165) is 32.1 Å². The van der Waals surface area contributed by atoms with Crippen molar-refractivity contribution in [3.63, 3.8) is 0 Å². The zero-order valence-corrected chi connectivity index (χ0v) is 19.7. The van der Waals surface area contributed by atoms with Crippen LogP contribution in [0.25, 0.3) is 0 Å². The molecular formula is C28H36O4. The molecule has 0 aromatic heterocycles. The van der Waals surface area contributed by atoms with Gasteiger partial charge in [-0.1, -0.05) is 31.2 Å². The van der Waals surface area contributed by atoms with Crippen molar-refractivity contribution in [2.24, 2.45) is 40.4 Å². The van der Waals surface area contributed by atoms with Gasteiger partial charge in [-0.3, -0.25) is 4.79 Å². The molecule has 0 aromatic rings. The average Bonchev–Trinajstić information content (AvgIpc) is 3.10. The van der Waals surface area contributed by atoms with Crippen LogP contribution in [0.4, 0.5) is 0 Å². The molecule has 2 heterocycles. The van der Waals surface area contributed by atoms with Crippen molar-refractivity contribution >= 4 is 11.8 Å². The van der Waals surface area contributed by atoms with Crippen LogP contribution in [-0.4, -0.2) is 30.1 Å². The number of hydrogen-bond donors (Lipinski definition) is 0. The molecular weight excluding hydrogens is 400 g/mol. The first-order valence-corrected chi connectivity index (χ1v) is 12.6. The number of ether oxygens (including phenoxy) is 2. The second kappa shape index (κ2) is 6.68. The van der Waals surface area contributed by atoms with Crippen molar-refractivity contribution in [2.45, 2.75) is 77.4 Å². The molecule has 2 aliphatic heterocycles. The van der Waals surface area contributed by atoms with Crippen molar-refractivity contribution in [2.75, 3.05) is 6.61 Å². The van der Waals surface area contributed by atoms with E-state index in [-0.39, 0.29) is 28.8 Å². The molecule has 6 aliphatic rings. The molecule has 6 rings (SSSR count). The highest BCUT2D eigenvalue weighted by Gasteiger charge is 2.62. The number of carbonyl (C=O) groups excluding carboxylic acids is 2. The molecule has 2 bridgehead atoms. The van der Waals surface area contributed by atoms with Gasteiger partial charge in [-0.15, -0.1) is 0 Å². The van der Waals surface area contributed by atoms with Crippen LogP contribution in [0.1, 0.15) is 65.7 Å².